The molecule has 0 aromatic heterocycles. The molecule has 0 aliphatic carbocycles. The zero-order valence-electron chi connectivity index (χ0n) is 8.79. The van der Waals surface area contributed by atoms with Gasteiger partial charge in [0.15, 0.2) is 0 Å². The molecule has 4 nitrogen and oxygen atoms in total. The molecule has 13 heavy (non-hydrogen) atoms. The maximum Gasteiger partial charge on any atom is 0.0528 e. The Morgan fingerprint density at radius 1 is 1.08 bits per heavy atom. The maximum absolute atomic E-state index is 9.09. The molecule has 0 aliphatic heterocycles. The lowest BCUT2D eigenvalue weighted by Crippen LogP contribution is -2.17. The van der Waals surface area contributed by atoms with Gasteiger partial charge in [0.25, 0.3) is 0 Å². The van der Waals surface area contributed by atoms with Gasteiger partial charge < -0.3 is 5.11 Å². The SMILES string of the molecule is CC.CNS(O)(O)CCCCCO. The second-order valence-electron chi connectivity index (χ2n) is 2.36. The van der Waals surface area contributed by atoms with Crippen molar-refractivity contribution in [1.29, 1.82) is 0 Å². The molecule has 0 heterocycles. The standard InChI is InChI=1S/C6H17NO3S.C2H6/c1-7-11(9,10)6-4-2-3-5-8;1-2/h7-10H,2-6H2,1H3;1-2H3. The van der Waals surface area contributed by atoms with Gasteiger partial charge in [0.05, 0.1) is 5.75 Å². The minimum absolute atomic E-state index is 0.179. The van der Waals surface area contributed by atoms with E-state index in [0.717, 1.165) is 19.3 Å². The van der Waals surface area contributed by atoms with Gasteiger partial charge in [-0.05, 0) is 19.3 Å². The molecule has 0 aliphatic rings. The molecule has 0 bridgehead atoms. The minimum Gasteiger partial charge on any atom is -0.396 e. The smallest absolute Gasteiger partial charge is 0.0528 e. The van der Waals surface area contributed by atoms with Crippen LogP contribution in [0.25, 0.3) is 0 Å². The molecule has 0 atom stereocenters. The highest BCUT2D eigenvalue weighted by Gasteiger charge is 2.06. The zero-order valence-corrected chi connectivity index (χ0v) is 9.60. The topological polar surface area (TPSA) is 72.7 Å². The summed E-state index contributed by atoms with van der Waals surface area (Å²) in [5.74, 6) is 0.378. The average Bonchev–Trinajstić information content (AvgIpc) is 2.16. The Bertz CT molecular complexity index is 101. The van der Waals surface area contributed by atoms with E-state index in [4.69, 9.17) is 14.2 Å². The number of aliphatic hydroxyl groups excluding tert-OH is 1. The van der Waals surface area contributed by atoms with E-state index in [0.29, 0.717) is 5.75 Å². The predicted molar refractivity (Wildman–Crippen MR) is 59.1 cm³/mol. The highest BCUT2D eigenvalue weighted by Crippen LogP contribution is 2.33. The molecule has 0 fully saturated rings. The molecule has 0 saturated carbocycles. The Kier molecular flexibility index (Phi) is 12.4. The van der Waals surface area contributed by atoms with Gasteiger partial charge in [-0.25, -0.2) is 4.72 Å². The van der Waals surface area contributed by atoms with Crippen LogP contribution in [-0.2, 0) is 0 Å². The lowest BCUT2D eigenvalue weighted by Gasteiger charge is -2.30. The Morgan fingerprint density at radius 3 is 2.00 bits per heavy atom. The summed E-state index contributed by atoms with van der Waals surface area (Å²) in [6.07, 6.45) is 2.32. The lowest BCUT2D eigenvalue weighted by atomic mass is 10.3. The van der Waals surface area contributed by atoms with E-state index in [-0.39, 0.29) is 6.61 Å². The fourth-order valence-electron chi connectivity index (χ4n) is 0.694. The van der Waals surface area contributed by atoms with Gasteiger partial charge in [0.1, 0.15) is 0 Å². The normalized spacial score (nSPS) is 11.8. The molecule has 0 unspecified atom stereocenters. The van der Waals surface area contributed by atoms with Crippen LogP contribution in [0.5, 0.6) is 0 Å². The van der Waals surface area contributed by atoms with Gasteiger partial charge >= 0.3 is 0 Å². The van der Waals surface area contributed by atoms with Crippen molar-refractivity contribution in [1.82, 2.24) is 4.72 Å². The van der Waals surface area contributed by atoms with Crippen molar-refractivity contribution in [3.63, 3.8) is 0 Å². The zero-order chi connectivity index (χ0) is 10.7. The van der Waals surface area contributed by atoms with Crippen molar-refractivity contribution in [3.8, 4) is 0 Å². The molecule has 4 N–H and O–H groups in total. The first-order valence-electron chi connectivity index (χ1n) is 4.67. The third-order valence-corrected chi connectivity index (χ3v) is 2.93. The largest absolute Gasteiger partial charge is 0.396 e. The van der Waals surface area contributed by atoms with Gasteiger partial charge in [0.2, 0.25) is 0 Å². The van der Waals surface area contributed by atoms with E-state index in [9.17, 15) is 0 Å². The molecule has 0 amide bonds. The predicted octanol–water partition coefficient (Wildman–Crippen LogP) is 2.06. The molecule has 0 aromatic carbocycles. The van der Waals surface area contributed by atoms with Gasteiger partial charge in [-0.2, -0.15) is 0 Å². The van der Waals surface area contributed by atoms with Crippen LogP contribution in [0.3, 0.4) is 0 Å². The molecule has 0 spiro atoms. The molecule has 0 saturated heterocycles. The van der Waals surface area contributed by atoms with Crippen molar-refractivity contribution in [3.05, 3.63) is 0 Å². The number of hydrogen-bond acceptors (Lipinski definition) is 4. The minimum atomic E-state index is -2.53. The van der Waals surface area contributed by atoms with Crippen LogP contribution in [0.15, 0.2) is 0 Å². The monoisotopic (exact) mass is 213 g/mol. The van der Waals surface area contributed by atoms with Crippen molar-refractivity contribution >= 4 is 10.8 Å². The van der Waals surface area contributed by atoms with E-state index in [1.807, 2.05) is 13.8 Å². The van der Waals surface area contributed by atoms with E-state index in [1.165, 1.54) is 7.05 Å². The number of unbranched alkanes of at least 4 members (excludes halogenated alkanes) is 2. The first-order chi connectivity index (χ1) is 6.12. The first-order valence-corrected chi connectivity index (χ1v) is 6.39. The summed E-state index contributed by atoms with van der Waals surface area (Å²) in [7, 11) is -1.00. The second-order valence-corrected chi connectivity index (χ2v) is 4.51. The third-order valence-electron chi connectivity index (χ3n) is 1.41. The summed E-state index contributed by atoms with van der Waals surface area (Å²) >= 11 is 0. The van der Waals surface area contributed by atoms with E-state index < -0.39 is 10.8 Å². The third kappa shape index (κ3) is 12.2. The average molecular weight is 213 g/mol. The van der Waals surface area contributed by atoms with Crippen LogP contribution < -0.4 is 4.72 Å². The number of rotatable bonds is 6. The van der Waals surface area contributed by atoms with Crippen LogP contribution in [0.1, 0.15) is 33.1 Å². The maximum atomic E-state index is 9.09. The highest BCUT2D eigenvalue weighted by atomic mass is 32.3. The Hall–Kier alpha value is 0.190. The van der Waals surface area contributed by atoms with Gasteiger partial charge in [0, 0.05) is 13.7 Å². The van der Waals surface area contributed by atoms with Crippen LogP contribution >= 0.6 is 10.8 Å². The van der Waals surface area contributed by atoms with E-state index in [2.05, 4.69) is 4.72 Å². The number of aliphatic hydroxyl groups is 1. The lowest BCUT2D eigenvalue weighted by molar-refractivity contribution is 0.284. The summed E-state index contributed by atoms with van der Waals surface area (Å²) in [5, 5.41) is 8.42. The number of hydrogen-bond donors (Lipinski definition) is 4. The molecular weight excluding hydrogens is 190 g/mol. The molecule has 5 heteroatoms. The van der Waals surface area contributed by atoms with Crippen molar-refractivity contribution in [2.75, 3.05) is 19.4 Å². The van der Waals surface area contributed by atoms with E-state index >= 15 is 0 Å². The van der Waals surface area contributed by atoms with Crippen LogP contribution in [0.2, 0.25) is 0 Å². The molecule has 0 rings (SSSR count). The van der Waals surface area contributed by atoms with Crippen LogP contribution in [0.4, 0.5) is 0 Å². The van der Waals surface area contributed by atoms with Crippen LogP contribution in [0, 0.1) is 0 Å². The van der Waals surface area contributed by atoms with Gasteiger partial charge in [-0.1, -0.05) is 13.8 Å². The molecule has 0 radical (unpaired) electrons. The molecular formula is C8H23NO3S. The van der Waals surface area contributed by atoms with Crippen LogP contribution in [-0.4, -0.2) is 33.6 Å². The number of nitrogens with one attached hydrogen (secondary N) is 1. The first kappa shape index (κ1) is 15.7. The highest BCUT2D eigenvalue weighted by molar-refractivity contribution is 8.22. The Balaban J connectivity index is 0. The van der Waals surface area contributed by atoms with Crippen molar-refractivity contribution in [2.45, 2.75) is 33.1 Å². The second kappa shape index (κ2) is 10.3. The fourth-order valence-corrected chi connectivity index (χ4v) is 1.50. The van der Waals surface area contributed by atoms with Crippen molar-refractivity contribution in [2.24, 2.45) is 0 Å². The van der Waals surface area contributed by atoms with E-state index in [1.54, 1.807) is 0 Å². The Morgan fingerprint density at radius 2 is 1.62 bits per heavy atom. The molecule has 84 valence electrons. The Labute approximate surface area is 82.8 Å². The summed E-state index contributed by atoms with van der Waals surface area (Å²) < 4.78 is 20.6. The molecule has 0 aromatic rings. The summed E-state index contributed by atoms with van der Waals surface area (Å²) in [6.45, 7) is 4.18. The quantitative estimate of drug-likeness (QED) is 0.510. The summed E-state index contributed by atoms with van der Waals surface area (Å²) in [4.78, 5) is 0. The summed E-state index contributed by atoms with van der Waals surface area (Å²) in [6, 6.07) is 0. The van der Waals surface area contributed by atoms with Gasteiger partial charge in [-0.3, -0.25) is 9.11 Å². The summed E-state index contributed by atoms with van der Waals surface area (Å²) in [5.41, 5.74) is 0. The fraction of sp³-hybridized carbons (Fsp3) is 1.00. The van der Waals surface area contributed by atoms with Crippen molar-refractivity contribution < 1.29 is 14.2 Å². The van der Waals surface area contributed by atoms with Gasteiger partial charge in [-0.15, -0.1) is 10.8 Å².